The number of aromatic nitrogens is 3. The second kappa shape index (κ2) is 7.25. The number of rotatable bonds is 6. The number of ether oxygens (including phenoxy) is 1. The standard InChI is InChI=1S/C15H18ClFN4O2/c16-12-9-11(17)1-2-13(12)23-8-6-20-4-5-21-14(3-7-22)18-19-15(21)10-20/h1-2,9,22H,3-8,10H2. The van der Waals surface area contributed by atoms with Gasteiger partial charge >= 0.3 is 0 Å². The van der Waals surface area contributed by atoms with E-state index in [0.717, 1.165) is 31.3 Å². The normalized spacial score (nSPS) is 14.7. The van der Waals surface area contributed by atoms with Gasteiger partial charge in [-0.05, 0) is 18.2 Å². The predicted molar refractivity (Wildman–Crippen MR) is 83.0 cm³/mol. The first kappa shape index (κ1) is 16.2. The molecule has 0 saturated heterocycles. The highest BCUT2D eigenvalue weighted by Gasteiger charge is 2.20. The lowest BCUT2D eigenvalue weighted by atomic mass is 10.3. The number of nitrogens with zero attached hydrogens (tertiary/aromatic N) is 4. The van der Waals surface area contributed by atoms with Crippen LogP contribution in [-0.2, 0) is 19.5 Å². The summed E-state index contributed by atoms with van der Waals surface area (Å²) in [5.74, 6) is 1.84. The van der Waals surface area contributed by atoms with Crippen molar-refractivity contribution in [3.05, 3.63) is 40.7 Å². The van der Waals surface area contributed by atoms with Gasteiger partial charge in [0.25, 0.3) is 0 Å². The third kappa shape index (κ3) is 3.80. The molecule has 2 heterocycles. The van der Waals surface area contributed by atoms with Gasteiger partial charge in [-0.1, -0.05) is 11.6 Å². The highest BCUT2D eigenvalue weighted by atomic mass is 35.5. The van der Waals surface area contributed by atoms with Gasteiger partial charge in [0, 0.05) is 26.1 Å². The largest absolute Gasteiger partial charge is 0.491 e. The number of hydrogen-bond acceptors (Lipinski definition) is 5. The number of aliphatic hydroxyl groups is 1. The van der Waals surface area contributed by atoms with Gasteiger partial charge in [-0.15, -0.1) is 10.2 Å². The van der Waals surface area contributed by atoms with E-state index in [2.05, 4.69) is 19.7 Å². The van der Waals surface area contributed by atoms with E-state index in [-0.39, 0.29) is 17.4 Å². The predicted octanol–water partition coefficient (Wildman–Crippen LogP) is 1.50. The smallest absolute Gasteiger partial charge is 0.147 e. The Kier molecular flexibility index (Phi) is 5.09. The molecule has 6 nitrogen and oxygen atoms in total. The molecule has 23 heavy (non-hydrogen) atoms. The van der Waals surface area contributed by atoms with E-state index in [1.165, 1.54) is 18.2 Å². The Hall–Kier alpha value is -1.70. The maximum Gasteiger partial charge on any atom is 0.147 e. The van der Waals surface area contributed by atoms with Crippen molar-refractivity contribution in [3.8, 4) is 5.75 Å². The number of fused-ring (bicyclic) bond motifs is 1. The molecule has 0 bridgehead atoms. The van der Waals surface area contributed by atoms with Crippen LogP contribution in [-0.4, -0.2) is 51.1 Å². The van der Waals surface area contributed by atoms with Crippen molar-refractivity contribution in [3.63, 3.8) is 0 Å². The molecule has 1 N–H and O–H groups in total. The van der Waals surface area contributed by atoms with Crippen LogP contribution in [0.15, 0.2) is 18.2 Å². The summed E-state index contributed by atoms with van der Waals surface area (Å²) in [4.78, 5) is 2.21. The molecule has 0 aliphatic carbocycles. The van der Waals surface area contributed by atoms with Gasteiger partial charge in [0.2, 0.25) is 0 Å². The average molecular weight is 341 g/mol. The maximum absolute atomic E-state index is 13.0. The summed E-state index contributed by atoms with van der Waals surface area (Å²) in [6.45, 7) is 3.62. The van der Waals surface area contributed by atoms with Gasteiger partial charge < -0.3 is 14.4 Å². The average Bonchev–Trinajstić information content (AvgIpc) is 2.92. The zero-order chi connectivity index (χ0) is 16.2. The minimum atomic E-state index is -0.378. The van der Waals surface area contributed by atoms with E-state index in [1.54, 1.807) is 0 Å². The van der Waals surface area contributed by atoms with Crippen LogP contribution in [0.4, 0.5) is 4.39 Å². The van der Waals surface area contributed by atoms with E-state index in [1.807, 2.05) is 0 Å². The summed E-state index contributed by atoms with van der Waals surface area (Å²) in [7, 11) is 0. The van der Waals surface area contributed by atoms with Crippen molar-refractivity contribution in [2.45, 2.75) is 19.5 Å². The Labute approximate surface area is 138 Å². The first-order valence-corrected chi connectivity index (χ1v) is 7.87. The second-order valence-electron chi connectivity index (χ2n) is 5.36. The quantitative estimate of drug-likeness (QED) is 0.863. The molecule has 3 rings (SSSR count). The minimum Gasteiger partial charge on any atom is -0.491 e. The van der Waals surface area contributed by atoms with Crippen LogP contribution in [0.5, 0.6) is 5.75 Å². The Morgan fingerprint density at radius 1 is 1.30 bits per heavy atom. The van der Waals surface area contributed by atoms with Crippen LogP contribution in [0.1, 0.15) is 11.6 Å². The number of halogens is 2. The molecule has 2 aromatic rings. The molecule has 0 saturated carbocycles. The third-order valence-corrected chi connectivity index (χ3v) is 4.10. The van der Waals surface area contributed by atoms with Crippen LogP contribution >= 0.6 is 11.6 Å². The van der Waals surface area contributed by atoms with Crippen molar-refractivity contribution >= 4 is 11.6 Å². The van der Waals surface area contributed by atoms with E-state index in [4.69, 9.17) is 21.4 Å². The molecule has 8 heteroatoms. The lowest BCUT2D eigenvalue weighted by Crippen LogP contribution is -2.37. The van der Waals surface area contributed by atoms with Gasteiger partial charge in [0.15, 0.2) is 0 Å². The zero-order valence-corrected chi connectivity index (χ0v) is 13.3. The lowest BCUT2D eigenvalue weighted by Gasteiger charge is -2.27. The highest BCUT2D eigenvalue weighted by molar-refractivity contribution is 6.32. The minimum absolute atomic E-state index is 0.0775. The van der Waals surface area contributed by atoms with Crippen LogP contribution in [0.3, 0.4) is 0 Å². The van der Waals surface area contributed by atoms with E-state index in [0.29, 0.717) is 25.3 Å². The van der Waals surface area contributed by atoms with Crippen molar-refractivity contribution in [2.75, 3.05) is 26.3 Å². The molecule has 0 radical (unpaired) electrons. The second-order valence-corrected chi connectivity index (χ2v) is 5.76. The van der Waals surface area contributed by atoms with E-state index >= 15 is 0 Å². The van der Waals surface area contributed by atoms with Crippen LogP contribution < -0.4 is 4.74 Å². The van der Waals surface area contributed by atoms with Gasteiger partial charge in [0.05, 0.1) is 18.2 Å². The van der Waals surface area contributed by atoms with Gasteiger partial charge in [-0.25, -0.2) is 4.39 Å². The first-order valence-electron chi connectivity index (χ1n) is 7.49. The topological polar surface area (TPSA) is 63.4 Å². The van der Waals surface area contributed by atoms with Crippen molar-refractivity contribution in [1.82, 2.24) is 19.7 Å². The van der Waals surface area contributed by atoms with Gasteiger partial charge in [-0.2, -0.15) is 0 Å². The fourth-order valence-electron chi connectivity index (χ4n) is 2.62. The summed E-state index contributed by atoms with van der Waals surface area (Å²) in [5, 5.41) is 17.6. The Balaban J connectivity index is 1.52. The number of benzene rings is 1. The molecule has 1 aromatic carbocycles. The van der Waals surface area contributed by atoms with Crippen LogP contribution in [0.25, 0.3) is 0 Å². The first-order chi connectivity index (χ1) is 11.2. The van der Waals surface area contributed by atoms with Gasteiger partial charge in [-0.3, -0.25) is 4.90 Å². The highest BCUT2D eigenvalue weighted by Crippen LogP contribution is 2.24. The summed E-state index contributed by atoms with van der Waals surface area (Å²) in [6.07, 6.45) is 0.527. The molecule has 0 atom stereocenters. The van der Waals surface area contributed by atoms with E-state index in [9.17, 15) is 4.39 Å². The number of hydrogen-bond donors (Lipinski definition) is 1. The Morgan fingerprint density at radius 3 is 2.96 bits per heavy atom. The molecule has 0 amide bonds. The molecule has 0 spiro atoms. The monoisotopic (exact) mass is 340 g/mol. The molecule has 1 aromatic heterocycles. The Bertz CT molecular complexity index is 679. The SMILES string of the molecule is OCCc1nnc2n1CCN(CCOc1ccc(F)cc1Cl)C2. The molecule has 1 aliphatic rings. The molecular weight excluding hydrogens is 323 g/mol. The molecule has 0 unspecified atom stereocenters. The van der Waals surface area contributed by atoms with Crippen molar-refractivity contribution in [1.29, 1.82) is 0 Å². The van der Waals surface area contributed by atoms with Crippen LogP contribution in [0, 0.1) is 5.82 Å². The molecule has 124 valence electrons. The van der Waals surface area contributed by atoms with Gasteiger partial charge in [0.1, 0.15) is 29.8 Å². The van der Waals surface area contributed by atoms with E-state index < -0.39 is 0 Å². The fourth-order valence-corrected chi connectivity index (χ4v) is 2.84. The lowest BCUT2D eigenvalue weighted by molar-refractivity contribution is 0.173. The fraction of sp³-hybridized carbons (Fsp3) is 0.467. The summed E-state index contributed by atoms with van der Waals surface area (Å²) in [6, 6.07) is 4.10. The van der Waals surface area contributed by atoms with Crippen molar-refractivity contribution in [2.24, 2.45) is 0 Å². The van der Waals surface area contributed by atoms with Crippen LogP contribution in [0.2, 0.25) is 5.02 Å². The summed E-state index contributed by atoms with van der Waals surface area (Å²) in [5.41, 5.74) is 0. The van der Waals surface area contributed by atoms with Crippen molar-refractivity contribution < 1.29 is 14.2 Å². The zero-order valence-electron chi connectivity index (χ0n) is 12.6. The molecule has 0 fully saturated rings. The molecule has 1 aliphatic heterocycles. The molecular formula is C15H18ClFN4O2. The number of aliphatic hydroxyl groups excluding tert-OH is 1. The summed E-state index contributed by atoms with van der Waals surface area (Å²) < 4.78 is 20.6. The third-order valence-electron chi connectivity index (χ3n) is 3.80. The summed E-state index contributed by atoms with van der Waals surface area (Å²) >= 11 is 5.93. The Morgan fingerprint density at radius 2 is 2.17 bits per heavy atom. The maximum atomic E-state index is 13.0.